The second kappa shape index (κ2) is 7.96. The maximum Gasteiger partial charge on any atom is 0.325 e. The van der Waals surface area contributed by atoms with Crippen molar-refractivity contribution in [3.8, 4) is 11.1 Å². The Morgan fingerprint density at radius 1 is 1.18 bits per heavy atom. The fraction of sp³-hybridized carbons (Fsp3) is 0.0588. The number of guanidine groups is 1. The molecule has 3 aromatic rings. The quantitative estimate of drug-likeness (QED) is 0.351. The van der Waals surface area contributed by atoms with Crippen molar-refractivity contribution in [3.63, 3.8) is 0 Å². The summed E-state index contributed by atoms with van der Waals surface area (Å²) < 4.78 is 26.9. The van der Waals surface area contributed by atoms with E-state index >= 15 is 0 Å². The second-order valence-electron chi connectivity index (χ2n) is 5.64. The van der Waals surface area contributed by atoms with E-state index in [-0.39, 0.29) is 0 Å². The van der Waals surface area contributed by atoms with E-state index in [0.29, 0.717) is 14.9 Å². The number of amides is 1. The molecular formula is C17H13Cl2N3O4S2. The van der Waals surface area contributed by atoms with Crippen LogP contribution in [0.4, 0.5) is 0 Å². The van der Waals surface area contributed by atoms with Gasteiger partial charge in [-0.05, 0) is 28.9 Å². The Hall–Kier alpha value is -2.33. The van der Waals surface area contributed by atoms with Crippen molar-refractivity contribution in [1.29, 1.82) is 0 Å². The van der Waals surface area contributed by atoms with Crippen LogP contribution in [-0.2, 0) is 14.4 Å². The molecule has 146 valence electrons. The first-order valence-electron chi connectivity index (χ1n) is 7.66. The lowest BCUT2D eigenvalue weighted by Gasteiger charge is -2.07. The molecule has 3 rings (SSSR count). The van der Waals surface area contributed by atoms with E-state index in [9.17, 15) is 13.2 Å². The minimum atomic E-state index is -3.82. The predicted molar refractivity (Wildman–Crippen MR) is 112 cm³/mol. The van der Waals surface area contributed by atoms with Gasteiger partial charge in [0, 0.05) is 15.6 Å². The van der Waals surface area contributed by atoms with Crippen LogP contribution in [-0.4, -0.2) is 26.5 Å². The summed E-state index contributed by atoms with van der Waals surface area (Å²) in [6.07, 6.45) is 0.806. The minimum Gasteiger partial charge on any atom is -0.367 e. The van der Waals surface area contributed by atoms with Crippen molar-refractivity contribution in [2.75, 3.05) is 6.26 Å². The lowest BCUT2D eigenvalue weighted by atomic mass is 10.0. The Bertz CT molecular complexity index is 1210. The summed E-state index contributed by atoms with van der Waals surface area (Å²) in [6, 6.07) is 12.6. The van der Waals surface area contributed by atoms with Crippen LogP contribution in [0.5, 0.6) is 0 Å². The Kier molecular flexibility index (Phi) is 5.80. The fourth-order valence-corrected chi connectivity index (χ4v) is 4.03. The van der Waals surface area contributed by atoms with Crippen molar-refractivity contribution in [2.24, 2.45) is 10.9 Å². The van der Waals surface area contributed by atoms with Crippen LogP contribution in [0.2, 0.25) is 10.0 Å². The van der Waals surface area contributed by atoms with E-state index in [1.54, 1.807) is 18.2 Å². The molecule has 0 atom stereocenters. The van der Waals surface area contributed by atoms with Gasteiger partial charge in [0.1, 0.15) is 0 Å². The van der Waals surface area contributed by atoms with Crippen LogP contribution in [0.3, 0.4) is 0 Å². The molecule has 0 spiro atoms. The monoisotopic (exact) mass is 457 g/mol. The number of benzene rings is 2. The average Bonchev–Trinajstić information content (AvgIpc) is 3.06. The molecule has 0 aliphatic carbocycles. The van der Waals surface area contributed by atoms with Crippen LogP contribution >= 0.6 is 34.5 Å². The topological polar surface area (TPSA) is 111 Å². The molecule has 0 aliphatic rings. The Morgan fingerprint density at radius 2 is 1.86 bits per heavy atom. The molecule has 1 heterocycles. The van der Waals surface area contributed by atoms with Gasteiger partial charge in [-0.15, -0.1) is 11.3 Å². The molecule has 0 bridgehead atoms. The molecule has 1 aromatic heterocycles. The first-order chi connectivity index (χ1) is 13.2. The number of nitrogens with one attached hydrogen (secondary N) is 1. The van der Waals surface area contributed by atoms with Crippen molar-refractivity contribution in [2.45, 2.75) is 0 Å². The van der Waals surface area contributed by atoms with Crippen molar-refractivity contribution < 1.29 is 17.5 Å². The Morgan fingerprint density at radius 3 is 2.57 bits per heavy atom. The summed E-state index contributed by atoms with van der Waals surface area (Å²) in [5.74, 6) is -1.03. The van der Waals surface area contributed by atoms with E-state index in [4.69, 9.17) is 28.9 Å². The number of hydrogen-bond donors (Lipinski definition) is 2. The van der Waals surface area contributed by atoms with Crippen LogP contribution in [0, 0.1) is 0 Å². The van der Waals surface area contributed by atoms with Crippen LogP contribution < -0.4 is 11.1 Å². The van der Waals surface area contributed by atoms with E-state index in [1.807, 2.05) is 24.3 Å². The number of carbonyl (C=O) groups excluding carboxylic acids is 1. The van der Waals surface area contributed by atoms with Gasteiger partial charge in [-0.25, -0.2) is 0 Å². The van der Waals surface area contributed by atoms with Crippen molar-refractivity contribution >= 4 is 66.6 Å². The summed E-state index contributed by atoms with van der Waals surface area (Å²) in [6.45, 7) is 0. The Labute approximate surface area is 174 Å². The van der Waals surface area contributed by atoms with Gasteiger partial charge in [-0.3, -0.25) is 14.4 Å². The second-order valence-corrected chi connectivity index (χ2v) is 9.06. The third-order valence-electron chi connectivity index (χ3n) is 3.54. The van der Waals surface area contributed by atoms with Gasteiger partial charge in [0.15, 0.2) is 0 Å². The molecule has 11 heteroatoms. The zero-order chi connectivity index (χ0) is 20.5. The number of nitrogens with zero attached hydrogens (tertiary/aromatic N) is 1. The van der Waals surface area contributed by atoms with E-state index in [1.165, 1.54) is 11.3 Å². The normalized spacial score (nSPS) is 12.2. The van der Waals surface area contributed by atoms with Crippen LogP contribution in [0.25, 0.3) is 21.2 Å². The highest BCUT2D eigenvalue weighted by atomic mass is 35.5. The highest BCUT2D eigenvalue weighted by Crippen LogP contribution is 2.39. The molecule has 1 amide bonds. The number of oxime groups is 1. The molecule has 0 saturated heterocycles. The lowest BCUT2D eigenvalue weighted by Crippen LogP contribution is -2.36. The van der Waals surface area contributed by atoms with Gasteiger partial charge >= 0.3 is 10.1 Å². The van der Waals surface area contributed by atoms with Gasteiger partial charge in [-0.2, -0.15) is 8.42 Å². The summed E-state index contributed by atoms with van der Waals surface area (Å²) in [5.41, 5.74) is 7.04. The maximum atomic E-state index is 12.4. The number of hydrogen-bond acceptors (Lipinski definition) is 6. The van der Waals surface area contributed by atoms with E-state index < -0.39 is 22.0 Å². The number of fused-ring (bicyclic) bond motifs is 1. The third-order valence-corrected chi connectivity index (χ3v) is 5.80. The summed E-state index contributed by atoms with van der Waals surface area (Å²) >= 11 is 13.7. The highest BCUT2D eigenvalue weighted by molar-refractivity contribution is 7.85. The van der Waals surface area contributed by atoms with Gasteiger partial charge in [-0.1, -0.05) is 47.5 Å². The molecule has 7 nitrogen and oxygen atoms in total. The molecule has 0 unspecified atom stereocenters. The van der Waals surface area contributed by atoms with Crippen molar-refractivity contribution in [3.05, 3.63) is 57.4 Å². The van der Waals surface area contributed by atoms with Gasteiger partial charge in [0.25, 0.3) is 5.91 Å². The number of carbonyl (C=O) groups is 1. The third kappa shape index (κ3) is 4.56. The molecule has 0 aliphatic heterocycles. The number of halogens is 2. The zero-order valence-corrected chi connectivity index (χ0v) is 17.4. The molecule has 3 N–H and O–H groups in total. The van der Waals surface area contributed by atoms with Gasteiger partial charge < -0.3 is 5.73 Å². The zero-order valence-electron chi connectivity index (χ0n) is 14.3. The molecule has 2 aromatic carbocycles. The van der Waals surface area contributed by atoms with Gasteiger partial charge in [0.05, 0.1) is 21.2 Å². The fourth-order valence-electron chi connectivity index (χ4n) is 2.43. The summed E-state index contributed by atoms with van der Waals surface area (Å²) in [7, 11) is -3.82. The highest BCUT2D eigenvalue weighted by Gasteiger charge is 2.16. The average molecular weight is 458 g/mol. The van der Waals surface area contributed by atoms with Crippen LogP contribution in [0.15, 0.2) is 47.6 Å². The van der Waals surface area contributed by atoms with Gasteiger partial charge in [0.2, 0.25) is 5.96 Å². The summed E-state index contributed by atoms with van der Waals surface area (Å²) in [4.78, 5) is 12.7. The SMILES string of the molecule is CS(=O)(=O)ON=C(N)NC(=O)c1cc2c(-c3cccc(Cl)c3Cl)cccc2s1. The first kappa shape index (κ1) is 20.4. The first-order valence-corrected chi connectivity index (χ1v) is 11.0. The summed E-state index contributed by atoms with van der Waals surface area (Å²) in [5, 5.41) is 7.08. The number of thiophene rings is 1. The number of nitrogens with two attached hydrogens (primary N) is 1. The molecule has 0 radical (unpaired) electrons. The molecule has 0 saturated carbocycles. The maximum absolute atomic E-state index is 12.4. The lowest BCUT2D eigenvalue weighted by molar-refractivity contribution is 0.0979. The van der Waals surface area contributed by atoms with Crippen molar-refractivity contribution in [1.82, 2.24) is 5.32 Å². The standard InChI is InChI=1S/C17H13Cl2N3O4S2/c1-28(24,25)26-22-17(20)21-16(23)14-8-11-9(4-3-7-13(11)27-14)10-5-2-6-12(18)15(10)19/h2-8H,1H3,(H3,20,21,22,23). The largest absolute Gasteiger partial charge is 0.367 e. The van der Waals surface area contributed by atoms with Crippen LogP contribution in [0.1, 0.15) is 9.67 Å². The number of rotatable bonds is 4. The molecular weight excluding hydrogens is 445 g/mol. The Balaban J connectivity index is 1.95. The smallest absolute Gasteiger partial charge is 0.325 e. The predicted octanol–water partition coefficient (Wildman–Crippen LogP) is 3.81. The van der Waals surface area contributed by atoms with E-state index in [2.05, 4.69) is 14.8 Å². The molecule has 28 heavy (non-hydrogen) atoms. The molecule has 0 fully saturated rings. The van der Waals surface area contributed by atoms with E-state index in [0.717, 1.165) is 27.5 Å². The minimum absolute atomic E-state index is 0.345.